The van der Waals surface area contributed by atoms with Gasteiger partial charge in [-0.05, 0) is 13.8 Å². The number of hydrogen-bond acceptors (Lipinski definition) is 6. The fourth-order valence-electron chi connectivity index (χ4n) is 2.12. The summed E-state index contributed by atoms with van der Waals surface area (Å²) in [5.41, 5.74) is 0.981. The van der Waals surface area contributed by atoms with Gasteiger partial charge in [-0.15, -0.1) is 10.2 Å². The van der Waals surface area contributed by atoms with E-state index >= 15 is 0 Å². The Balaban J connectivity index is 1.69. The van der Waals surface area contributed by atoms with Crippen molar-refractivity contribution in [3.05, 3.63) is 42.2 Å². The Labute approximate surface area is 143 Å². The molecule has 7 nitrogen and oxygen atoms in total. The zero-order valence-electron chi connectivity index (χ0n) is 13.6. The second-order valence-corrected chi connectivity index (χ2v) is 6.61. The smallest absolute Gasteiger partial charge is 0.238 e. The Morgan fingerprint density at radius 3 is 2.71 bits per heavy atom. The average Bonchev–Trinajstić information content (AvgIpc) is 3.14. The van der Waals surface area contributed by atoms with E-state index in [-0.39, 0.29) is 11.2 Å². The minimum absolute atomic E-state index is 0.169. The molecule has 0 spiro atoms. The molecule has 3 aromatic rings. The Bertz CT molecular complexity index is 843. The van der Waals surface area contributed by atoms with Crippen molar-refractivity contribution < 1.29 is 9.32 Å². The Kier molecular flexibility index (Phi) is 4.66. The predicted octanol–water partition coefficient (Wildman–Crippen LogP) is 2.90. The summed E-state index contributed by atoms with van der Waals surface area (Å²) in [4.78, 5) is 12.2. The van der Waals surface area contributed by atoms with E-state index in [2.05, 4.69) is 20.7 Å². The van der Waals surface area contributed by atoms with Crippen molar-refractivity contribution in [1.29, 1.82) is 0 Å². The molecule has 1 aromatic carbocycles. The van der Waals surface area contributed by atoms with Crippen LogP contribution in [0.2, 0.25) is 0 Å². The van der Waals surface area contributed by atoms with E-state index in [0.29, 0.717) is 16.7 Å². The third kappa shape index (κ3) is 3.48. The molecule has 0 saturated carbocycles. The maximum Gasteiger partial charge on any atom is 0.238 e. The lowest BCUT2D eigenvalue weighted by Gasteiger charge is -2.10. The van der Waals surface area contributed by atoms with E-state index < -0.39 is 0 Å². The molecule has 1 atom stereocenters. The van der Waals surface area contributed by atoms with Gasteiger partial charge in [-0.2, -0.15) is 0 Å². The topological polar surface area (TPSA) is 85.8 Å². The normalized spacial score (nSPS) is 12.1. The average molecular weight is 343 g/mol. The van der Waals surface area contributed by atoms with Gasteiger partial charge >= 0.3 is 0 Å². The summed E-state index contributed by atoms with van der Waals surface area (Å²) < 4.78 is 6.82. The predicted molar refractivity (Wildman–Crippen MR) is 91.6 cm³/mol. The summed E-state index contributed by atoms with van der Waals surface area (Å²) in [6.45, 7) is 3.58. The van der Waals surface area contributed by atoms with Crippen LogP contribution in [0.3, 0.4) is 0 Å². The van der Waals surface area contributed by atoms with Gasteiger partial charge in [0, 0.05) is 18.7 Å². The fourth-order valence-corrected chi connectivity index (χ4v) is 2.94. The van der Waals surface area contributed by atoms with Crippen molar-refractivity contribution in [2.45, 2.75) is 24.3 Å². The Morgan fingerprint density at radius 2 is 2.04 bits per heavy atom. The van der Waals surface area contributed by atoms with Gasteiger partial charge in [-0.1, -0.05) is 47.3 Å². The molecule has 2 aromatic heterocycles. The lowest BCUT2D eigenvalue weighted by Crippen LogP contribution is -2.23. The number of hydrogen-bond donors (Lipinski definition) is 1. The SMILES string of the molecule is Cc1cc(NC(=O)[C@@H](C)Sc2nnc(-c3ccccc3)n2C)no1. The number of thioether (sulfide) groups is 1. The fraction of sp³-hybridized carbons (Fsp3) is 0.250. The molecule has 0 saturated heterocycles. The largest absolute Gasteiger partial charge is 0.360 e. The van der Waals surface area contributed by atoms with Gasteiger partial charge in [0.2, 0.25) is 5.91 Å². The first kappa shape index (κ1) is 16.3. The molecular weight excluding hydrogens is 326 g/mol. The third-order valence-corrected chi connectivity index (χ3v) is 4.53. The number of nitrogens with one attached hydrogen (secondary N) is 1. The van der Waals surface area contributed by atoms with E-state index in [9.17, 15) is 4.79 Å². The van der Waals surface area contributed by atoms with Crippen LogP contribution in [0.4, 0.5) is 5.82 Å². The molecule has 2 heterocycles. The van der Waals surface area contributed by atoms with E-state index in [1.807, 2.05) is 48.9 Å². The van der Waals surface area contributed by atoms with Crippen LogP contribution < -0.4 is 5.32 Å². The maximum atomic E-state index is 12.2. The van der Waals surface area contributed by atoms with Gasteiger partial charge < -0.3 is 14.4 Å². The second kappa shape index (κ2) is 6.88. The number of aryl methyl sites for hydroxylation is 1. The second-order valence-electron chi connectivity index (χ2n) is 5.30. The van der Waals surface area contributed by atoms with Gasteiger partial charge in [-0.3, -0.25) is 4.79 Å². The van der Waals surface area contributed by atoms with Gasteiger partial charge in [0.05, 0.1) is 5.25 Å². The quantitative estimate of drug-likeness (QED) is 0.717. The molecule has 0 bridgehead atoms. The van der Waals surface area contributed by atoms with Crippen molar-refractivity contribution in [2.75, 3.05) is 5.32 Å². The van der Waals surface area contributed by atoms with E-state index in [1.54, 1.807) is 13.0 Å². The summed E-state index contributed by atoms with van der Waals surface area (Å²) in [7, 11) is 1.89. The molecule has 0 aliphatic carbocycles. The summed E-state index contributed by atoms with van der Waals surface area (Å²) in [6.07, 6.45) is 0. The first-order valence-corrected chi connectivity index (χ1v) is 8.28. The molecule has 1 N–H and O–H groups in total. The molecule has 0 unspecified atom stereocenters. The van der Waals surface area contributed by atoms with Gasteiger partial charge in [-0.25, -0.2) is 0 Å². The molecule has 124 valence electrons. The van der Waals surface area contributed by atoms with Crippen molar-refractivity contribution in [2.24, 2.45) is 7.05 Å². The van der Waals surface area contributed by atoms with Crippen LogP contribution >= 0.6 is 11.8 Å². The van der Waals surface area contributed by atoms with Crippen LogP contribution in [0.25, 0.3) is 11.4 Å². The summed E-state index contributed by atoms with van der Waals surface area (Å²) in [5.74, 6) is 1.65. The molecule has 24 heavy (non-hydrogen) atoms. The molecule has 0 aliphatic heterocycles. The number of carbonyl (C=O) groups excluding carboxylic acids is 1. The van der Waals surface area contributed by atoms with Gasteiger partial charge in [0.1, 0.15) is 5.76 Å². The van der Waals surface area contributed by atoms with Crippen LogP contribution in [0.15, 0.2) is 46.1 Å². The van der Waals surface area contributed by atoms with Gasteiger partial charge in [0.15, 0.2) is 16.8 Å². The number of aromatic nitrogens is 4. The zero-order valence-corrected chi connectivity index (χ0v) is 14.4. The highest BCUT2D eigenvalue weighted by atomic mass is 32.2. The van der Waals surface area contributed by atoms with Crippen molar-refractivity contribution in [1.82, 2.24) is 19.9 Å². The molecule has 1 amide bonds. The number of rotatable bonds is 5. The van der Waals surface area contributed by atoms with Crippen molar-refractivity contribution >= 4 is 23.5 Å². The maximum absolute atomic E-state index is 12.2. The number of carbonyl (C=O) groups is 1. The Morgan fingerprint density at radius 1 is 1.29 bits per heavy atom. The summed E-state index contributed by atoms with van der Waals surface area (Å²) in [6, 6.07) is 11.5. The van der Waals surface area contributed by atoms with Crippen LogP contribution in [-0.2, 0) is 11.8 Å². The van der Waals surface area contributed by atoms with E-state index in [0.717, 1.165) is 11.4 Å². The van der Waals surface area contributed by atoms with Crippen LogP contribution in [0, 0.1) is 6.92 Å². The van der Waals surface area contributed by atoms with Crippen LogP contribution in [0.5, 0.6) is 0 Å². The number of amides is 1. The lowest BCUT2D eigenvalue weighted by atomic mass is 10.2. The van der Waals surface area contributed by atoms with Crippen LogP contribution in [0.1, 0.15) is 12.7 Å². The molecule has 3 rings (SSSR count). The number of benzene rings is 1. The van der Waals surface area contributed by atoms with Gasteiger partial charge in [0.25, 0.3) is 0 Å². The highest BCUT2D eigenvalue weighted by molar-refractivity contribution is 8.00. The number of nitrogens with zero attached hydrogens (tertiary/aromatic N) is 4. The zero-order chi connectivity index (χ0) is 17.1. The summed E-state index contributed by atoms with van der Waals surface area (Å²) >= 11 is 1.34. The van der Waals surface area contributed by atoms with E-state index in [4.69, 9.17) is 4.52 Å². The molecule has 8 heteroatoms. The highest BCUT2D eigenvalue weighted by Crippen LogP contribution is 2.26. The Hall–Kier alpha value is -2.61. The van der Waals surface area contributed by atoms with Crippen molar-refractivity contribution in [3.8, 4) is 11.4 Å². The minimum atomic E-state index is -0.353. The molecule has 0 fully saturated rings. The number of anilines is 1. The minimum Gasteiger partial charge on any atom is -0.360 e. The first-order chi connectivity index (χ1) is 11.5. The monoisotopic (exact) mass is 343 g/mol. The molecular formula is C16H17N5O2S. The van der Waals surface area contributed by atoms with Crippen LogP contribution in [-0.4, -0.2) is 31.1 Å². The first-order valence-electron chi connectivity index (χ1n) is 7.40. The highest BCUT2D eigenvalue weighted by Gasteiger charge is 2.20. The molecule has 0 radical (unpaired) electrons. The molecule has 0 aliphatic rings. The standard InChI is InChI=1S/C16H17N5O2S/c1-10-9-13(20-23-10)17-15(22)11(2)24-16-19-18-14(21(16)3)12-7-5-4-6-8-12/h4-9,11H,1-3H3,(H,17,20,22)/t11-/m1/s1. The summed E-state index contributed by atoms with van der Waals surface area (Å²) in [5, 5.41) is 15.2. The van der Waals surface area contributed by atoms with Crippen molar-refractivity contribution in [3.63, 3.8) is 0 Å². The lowest BCUT2D eigenvalue weighted by molar-refractivity contribution is -0.115. The third-order valence-electron chi connectivity index (χ3n) is 3.40. The van der Waals surface area contributed by atoms with E-state index in [1.165, 1.54) is 11.8 Å².